The number of amides is 2. The minimum atomic E-state index is -0.363. The van der Waals surface area contributed by atoms with Gasteiger partial charge in [0.2, 0.25) is 0 Å². The fourth-order valence-electron chi connectivity index (χ4n) is 8.03. The van der Waals surface area contributed by atoms with E-state index >= 15 is 0 Å². The van der Waals surface area contributed by atoms with Crippen molar-refractivity contribution in [3.8, 4) is 34.0 Å². The van der Waals surface area contributed by atoms with E-state index in [9.17, 15) is 14.9 Å². The molecule has 6 nitrogen and oxygen atoms in total. The third-order valence-corrected chi connectivity index (χ3v) is 10.1. The topological polar surface area (TPSA) is 70.5 Å². The van der Waals surface area contributed by atoms with Crippen LogP contribution in [0.25, 0.3) is 54.6 Å². The fraction of sp³-hybridized carbons (Fsp3) is 0.111. The van der Waals surface area contributed by atoms with Crippen molar-refractivity contribution in [2.75, 3.05) is 4.90 Å². The Morgan fingerprint density at radius 3 is 1.75 bits per heavy atom. The average molecular weight is 661 g/mol. The third-order valence-electron chi connectivity index (χ3n) is 10.1. The first-order valence-electron chi connectivity index (χ1n) is 16.8. The maximum Gasteiger partial charge on any atom is 0.268 e. The van der Waals surface area contributed by atoms with Gasteiger partial charge >= 0.3 is 0 Å². The molecule has 0 radical (unpaired) electrons. The van der Waals surface area contributed by atoms with E-state index in [2.05, 4.69) is 39.7 Å². The number of fused-ring (bicyclic) bond motifs is 4. The van der Waals surface area contributed by atoms with Gasteiger partial charge in [0, 0.05) is 21.9 Å². The van der Waals surface area contributed by atoms with Gasteiger partial charge in [-0.25, -0.2) is 9.74 Å². The molecule has 0 N–H and O–H groups in total. The normalized spacial score (nSPS) is 12.4. The minimum Gasteiger partial charge on any atom is -0.307 e. The second-order valence-electron chi connectivity index (χ2n) is 13.4. The molecule has 6 heteroatoms. The minimum absolute atomic E-state index is 0.346. The van der Waals surface area contributed by atoms with E-state index in [0.29, 0.717) is 33.8 Å². The second-order valence-corrected chi connectivity index (χ2v) is 13.4. The molecule has 0 saturated carbocycles. The first-order chi connectivity index (χ1) is 24.6. The molecule has 0 fully saturated rings. The molecule has 2 amide bonds. The van der Waals surface area contributed by atoms with E-state index in [1.807, 2.05) is 107 Å². The van der Waals surface area contributed by atoms with Crippen molar-refractivity contribution in [1.82, 2.24) is 4.57 Å². The van der Waals surface area contributed by atoms with Gasteiger partial charge in [-0.05, 0) is 86.7 Å². The van der Waals surface area contributed by atoms with Crippen LogP contribution in [-0.2, 0) is 0 Å². The molecule has 0 bridgehead atoms. The predicted molar refractivity (Wildman–Crippen MR) is 204 cm³/mol. The molecule has 1 aliphatic rings. The molecule has 0 unspecified atom stereocenters. The van der Waals surface area contributed by atoms with E-state index in [-0.39, 0.29) is 11.8 Å². The van der Waals surface area contributed by atoms with E-state index in [1.54, 1.807) is 6.07 Å². The summed E-state index contributed by atoms with van der Waals surface area (Å²) in [6, 6.07) is 35.6. The molecule has 8 rings (SSSR count). The summed E-state index contributed by atoms with van der Waals surface area (Å²) in [5.41, 5.74) is 13.4. The number of rotatable bonds is 4. The van der Waals surface area contributed by atoms with Gasteiger partial charge in [-0.15, -0.1) is 0 Å². The summed E-state index contributed by atoms with van der Waals surface area (Å²) >= 11 is 0. The number of aromatic nitrogens is 1. The first-order valence-corrected chi connectivity index (χ1v) is 16.8. The van der Waals surface area contributed by atoms with Crippen molar-refractivity contribution < 1.29 is 9.59 Å². The quantitative estimate of drug-likeness (QED) is 0.139. The van der Waals surface area contributed by atoms with Gasteiger partial charge in [-0.2, -0.15) is 5.26 Å². The van der Waals surface area contributed by atoms with E-state index in [0.717, 1.165) is 71.9 Å². The Kier molecular flexibility index (Phi) is 7.22. The smallest absolute Gasteiger partial charge is 0.268 e. The molecule has 244 valence electrons. The van der Waals surface area contributed by atoms with Crippen molar-refractivity contribution in [1.29, 1.82) is 5.26 Å². The van der Waals surface area contributed by atoms with Gasteiger partial charge < -0.3 is 4.57 Å². The monoisotopic (exact) mass is 660 g/mol. The Morgan fingerprint density at radius 1 is 0.608 bits per heavy atom. The lowest BCUT2D eigenvalue weighted by Gasteiger charge is -2.20. The van der Waals surface area contributed by atoms with E-state index in [4.69, 9.17) is 6.57 Å². The molecule has 1 aliphatic heterocycles. The third kappa shape index (κ3) is 4.69. The van der Waals surface area contributed by atoms with Crippen LogP contribution in [0.3, 0.4) is 0 Å². The van der Waals surface area contributed by atoms with Gasteiger partial charge in [0.25, 0.3) is 11.8 Å². The lowest BCUT2D eigenvalue weighted by Crippen LogP contribution is -2.31. The molecule has 0 saturated heterocycles. The largest absolute Gasteiger partial charge is 0.307 e. The number of carbonyl (C=O) groups excluding carboxylic acids is 2. The zero-order valence-corrected chi connectivity index (χ0v) is 28.9. The Balaban J connectivity index is 1.51. The van der Waals surface area contributed by atoms with Crippen LogP contribution in [-0.4, -0.2) is 16.4 Å². The summed E-state index contributed by atoms with van der Waals surface area (Å²) in [5, 5.41) is 11.6. The number of hydrogen-bond acceptors (Lipinski definition) is 3. The summed E-state index contributed by atoms with van der Waals surface area (Å²) in [6.45, 7) is 17.5. The number of aryl methyl sites for hydroxylation is 5. The lowest BCUT2D eigenvalue weighted by molar-refractivity contribution is 0.0925. The number of para-hydroxylation sites is 2. The van der Waals surface area contributed by atoms with Crippen molar-refractivity contribution in [3.05, 3.63) is 159 Å². The van der Waals surface area contributed by atoms with E-state index < -0.39 is 0 Å². The van der Waals surface area contributed by atoms with Crippen molar-refractivity contribution in [2.45, 2.75) is 34.6 Å². The maximum atomic E-state index is 14.8. The number of carbonyl (C=O) groups is 2. The van der Waals surface area contributed by atoms with Gasteiger partial charge in [0.05, 0.1) is 51.7 Å². The van der Waals surface area contributed by atoms with Gasteiger partial charge in [0.15, 0.2) is 5.69 Å². The molecule has 0 atom stereocenters. The molecule has 51 heavy (non-hydrogen) atoms. The Labute approximate surface area is 296 Å². The Hall–Kier alpha value is -6.76. The summed E-state index contributed by atoms with van der Waals surface area (Å²) in [6.07, 6.45) is 0. The highest BCUT2D eigenvalue weighted by Crippen LogP contribution is 2.45. The standard InChI is InChI=1S/C45H32N4O2/c1-25-20-28(4)41(29(5)21-25)49-44(50)38-14-9-15-39(40(38)45(49)51)48-42-34(32-18-16-30(24-46)22-26(32)2)10-7-12-36(42)37-13-8-11-35(43(37)48)33-19-17-31(47-6)23-27(33)3/h7-23H,1-5H3. The fourth-order valence-corrected chi connectivity index (χ4v) is 8.03. The van der Waals surface area contributed by atoms with Crippen LogP contribution in [0.5, 0.6) is 0 Å². The van der Waals surface area contributed by atoms with Crippen LogP contribution >= 0.6 is 0 Å². The maximum absolute atomic E-state index is 14.8. The molecule has 2 heterocycles. The SMILES string of the molecule is [C-]#[N+]c1ccc(-c2cccc3c4cccc(-c5ccc(C#N)cc5C)c4n(-c4cccc5c4C(=O)N(c4c(C)cc(C)cc4C)C5=O)c23)c(C)c1. The van der Waals surface area contributed by atoms with Crippen LogP contribution in [0.15, 0.2) is 103 Å². The summed E-state index contributed by atoms with van der Waals surface area (Å²) in [5.74, 6) is -0.709. The van der Waals surface area contributed by atoms with Gasteiger partial charge in [-0.1, -0.05) is 90.0 Å². The van der Waals surface area contributed by atoms with Crippen LogP contribution in [0.4, 0.5) is 11.4 Å². The summed E-state index contributed by atoms with van der Waals surface area (Å²) < 4.78 is 2.15. The molecule has 7 aromatic rings. The summed E-state index contributed by atoms with van der Waals surface area (Å²) in [7, 11) is 0. The van der Waals surface area contributed by atoms with Crippen LogP contribution < -0.4 is 4.90 Å². The Bertz CT molecular complexity index is 2630. The number of imide groups is 1. The molecule has 0 spiro atoms. The second kappa shape index (κ2) is 11.7. The van der Waals surface area contributed by atoms with Crippen LogP contribution in [0, 0.1) is 52.5 Å². The molecule has 0 aliphatic carbocycles. The number of hydrogen-bond donors (Lipinski definition) is 0. The first kappa shape index (κ1) is 31.5. The summed E-state index contributed by atoms with van der Waals surface area (Å²) in [4.78, 5) is 34.0. The Morgan fingerprint density at radius 2 is 1.18 bits per heavy atom. The molecule has 1 aromatic heterocycles. The van der Waals surface area contributed by atoms with Crippen LogP contribution in [0.2, 0.25) is 0 Å². The highest BCUT2D eigenvalue weighted by atomic mass is 16.2. The highest BCUT2D eigenvalue weighted by Gasteiger charge is 2.41. The average Bonchev–Trinajstić information content (AvgIpc) is 3.59. The zero-order valence-electron chi connectivity index (χ0n) is 28.9. The number of nitrogens with zero attached hydrogens (tertiary/aromatic N) is 4. The predicted octanol–water partition coefficient (Wildman–Crippen LogP) is 10.9. The molecule has 6 aromatic carbocycles. The van der Waals surface area contributed by atoms with Crippen LogP contribution in [0.1, 0.15) is 54.1 Å². The highest BCUT2D eigenvalue weighted by molar-refractivity contribution is 6.36. The molecular weight excluding hydrogens is 629 g/mol. The van der Waals surface area contributed by atoms with Crippen molar-refractivity contribution in [2.24, 2.45) is 0 Å². The van der Waals surface area contributed by atoms with E-state index in [1.165, 1.54) is 4.90 Å². The lowest BCUT2D eigenvalue weighted by atomic mass is 9.96. The van der Waals surface area contributed by atoms with Crippen molar-refractivity contribution >= 4 is 45.0 Å². The van der Waals surface area contributed by atoms with Gasteiger partial charge in [-0.3, -0.25) is 9.59 Å². The number of benzene rings is 6. The number of anilines is 1. The molecular formula is C45H32N4O2. The number of nitriles is 1. The van der Waals surface area contributed by atoms with Crippen molar-refractivity contribution in [3.63, 3.8) is 0 Å². The zero-order chi connectivity index (χ0) is 35.7. The van der Waals surface area contributed by atoms with Gasteiger partial charge in [0.1, 0.15) is 0 Å².